The molecule has 18 heavy (non-hydrogen) atoms. The smallest absolute Gasteiger partial charge is 0.276 e. The molecule has 1 N–H and O–H groups in total. The largest absolute Gasteiger partial charge is 0.288 e. The Morgan fingerprint density at radius 2 is 2.33 bits per heavy atom. The first-order chi connectivity index (χ1) is 8.83. The predicted octanol–water partition coefficient (Wildman–Crippen LogP) is 2.24. The molecule has 4 nitrogen and oxygen atoms in total. The third-order valence-electron chi connectivity index (χ3n) is 3.42. The number of aryl methyl sites for hydroxylation is 1. The lowest BCUT2D eigenvalue weighted by Gasteiger charge is -1.98. The first-order valence-corrected chi connectivity index (χ1v) is 6.88. The first kappa shape index (κ1) is 10.1. The van der Waals surface area contributed by atoms with Crippen molar-refractivity contribution in [1.29, 1.82) is 0 Å². The summed E-state index contributed by atoms with van der Waals surface area (Å²) in [7, 11) is 0. The number of nitrogens with one attached hydrogen (secondary N) is 1. The lowest BCUT2D eigenvalue weighted by Crippen LogP contribution is -2.19. The van der Waals surface area contributed by atoms with E-state index in [2.05, 4.69) is 10.1 Å². The Labute approximate surface area is 107 Å². The van der Waals surface area contributed by atoms with Crippen molar-refractivity contribution in [2.45, 2.75) is 19.3 Å². The molecule has 0 bridgehead atoms. The minimum absolute atomic E-state index is 0.0651. The van der Waals surface area contributed by atoms with Crippen molar-refractivity contribution in [2.75, 3.05) is 0 Å². The van der Waals surface area contributed by atoms with Crippen molar-refractivity contribution in [3.05, 3.63) is 45.2 Å². The normalized spacial score (nSPS) is 14.2. The lowest BCUT2D eigenvalue weighted by molar-refractivity contribution is 0.873. The monoisotopic (exact) mass is 257 g/mol. The zero-order valence-electron chi connectivity index (χ0n) is 9.64. The minimum Gasteiger partial charge on any atom is -0.288 e. The van der Waals surface area contributed by atoms with Gasteiger partial charge in [0, 0.05) is 11.6 Å². The second-order valence-electron chi connectivity index (χ2n) is 4.54. The molecule has 4 rings (SSSR count). The van der Waals surface area contributed by atoms with Crippen LogP contribution in [0.25, 0.3) is 16.2 Å². The van der Waals surface area contributed by atoms with Crippen molar-refractivity contribution >= 4 is 17.0 Å². The maximum atomic E-state index is 12.3. The number of thiophene rings is 1. The van der Waals surface area contributed by atoms with Crippen molar-refractivity contribution < 1.29 is 0 Å². The molecule has 0 atom stereocenters. The minimum atomic E-state index is 0.0651. The highest BCUT2D eigenvalue weighted by Crippen LogP contribution is 2.24. The van der Waals surface area contributed by atoms with Gasteiger partial charge >= 0.3 is 0 Å². The number of hydrogen-bond acceptors (Lipinski definition) is 3. The number of rotatable bonds is 1. The van der Waals surface area contributed by atoms with E-state index in [9.17, 15) is 4.79 Å². The highest BCUT2D eigenvalue weighted by Gasteiger charge is 2.19. The average Bonchev–Trinajstić information content (AvgIpc) is 3.08. The summed E-state index contributed by atoms with van der Waals surface area (Å²) in [5, 5.41) is 5.17. The highest BCUT2D eigenvalue weighted by atomic mass is 32.1. The van der Waals surface area contributed by atoms with Gasteiger partial charge < -0.3 is 0 Å². The van der Waals surface area contributed by atoms with E-state index in [0.29, 0.717) is 0 Å². The third-order valence-corrected chi connectivity index (χ3v) is 4.32. The van der Waals surface area contributed by atoms with E-state index in [4.69, 9.17) is 0 Å². The van der Waals surface area contributed by atoms with Crippen molar-refractivity contribution in [3.8, 4) is 10.6 Å². The Kier molecular flexibility index (Phi) is 1.99. The molecular formula is C13H11N3OS. The number of aromatic nitrogens is 3. The molecule has 90 valence electrons. The van der Waals surface area contributed by atoms with Gasteiger partial charge in [0.2, 0.25) is 0 Å². The molecule has 0 spiro atoms. The fraction of sp³-hybridized carbons (Fsp3) is 0.231. The Balaban J connectivity index is 2.02. The molecule has 0 aliphatic heterocycles. The molecule has 0 aromatic carbocycles. The molecule has 1 aliphatic rings. The summed E-state index contributed by atoms with van der Waals surface area (Å²) in [5.41, 5.74) is 3.61. The molecule has 0 amide bonds. The van der Waals surface area contributed by atoms with Crippen LogP contribution >= 0.6 is 11.3 Å². The zero-order valence-corrected chi connectivity index (χ0v) is 10.5. The molecule has 3 aromatic heterocycles. The fourth-order valence-electron chi connectivity index (χ4n) is 2.55. The van der Waals surface area contributed by atoms with Crippen LogP contribution in [0.5, 0.6) is 0 Å². The summed E-state index contributed by atoms with van der Waals surface area (Å²) < 4.78 is 1.57. The molecule has 5 heteroatoms. The van der Waals surface area contributed by atoms with E-state index in [0.717, 1.165) is 46.7 Å². The van der Waals surface area contributed by atoms with E-state index in [-0.39, 0.29) is 5.56 Å². The van der Waals surface area contributed by atoms with Crippen LogP contribution in [0.4, 0.5) is 0 Å². The summed E-state index contributed by atoms with van der Waals surface area (Å²) >= 11 is 1.65. The lowest BCUT2D eigenvalue weighted by atomic mass is 10.2. The van der Waals surface area contributed by atoms with Gasteiger partial charge in [-0.15, -0.1) is 11.3 Å². The second kappa shape index (κ2) is 3.55. The summed E-state index contributed by atoms with van der Waals surface area (Å²) in [5.74, 6) is 0. The van der Waals surface area contributed by atoms with Crippen LogP contribution < -0.4 is 5.56 Å². The van der Waals surface area contributed by atoms with Crippen LogP contribution in [0.1, 0.15) is 17.7 Å². The SMILES string of the molecule is O=c1c2c(nc3cc(-c4cccs4)[nH]n13)CCC2. The summed E-state index contributed by atoms with van der Waals surface area (Å²) in [4.78, 5) is 18.0. The molecular weight excluding hydrogens is 246 g/mol. The first-order valence-electron chi connectivity index (χ1n) is 6.00. The van der Waals surface area contributed by atoms with Crippen LogP contribution in [0.15, 0.2) is 28.4 Å². The topological polar surface area (TPSA) is 50.2 Å². The molecule has 0 saturated carbocycles. The van der Waals surface area contributed by atoms with Gasteiger partial charge in [-0.25, -0.2) is 9.50 Å². The van der Waals surface area contributed by atoms with Crippen molar-refractivity contribution in [2.24, 2.45) is 0 Å². The Hall–Kier alpha value is -1.88. The standard InChI is InChI=1S/C13H11N3OS/c17-13-8-3-1-4-9(8)14-12-7-10(15-16(12)13)11-5-2-6-18-11/h2,5-7,15H,1,3-4H2. The highest BCUT2D eigenvalue weighted by molar-refractivity contribution is 7.13. The Morgan fingerprint density at radius 1 is 1.39 bits per heavy atom. The van der Waals surface area contributed by atoms with E-state index in [1.54, 1.807) is 15.9 Å². The van der Waals surface area contributed by atoms with E-state index in [1.165, 1.54) is 0 Å². The van der Waals surface area contributed by atoms with Crippen LogP contribution in [0.2, 0.25) is 0 Å². The van der Waals surface area contributed by atoms with E-state index in [1.807, 2.05) is 23.6 Å². The molecule has 1 aliphatic carbocycles. The molecule has 0 saturated heterocycles. The van der Waals surface area contributed by atoms with Crippen molar-refractivity contribution in [1.82, 2.24) is 14.6 Å². The molecule has 0 radical (unpaired) electrons. The van der Waals surface area contributed by atoms with Crippen molar-refractivity contribution in [3.63, 3.8) is 0 Å². The summed E-state index contributed by atoms with van der Waals surface area (Å²) in [6, 6.07) is 5.99. The van der Waals surface area contributed by atoms with Crippen LogP contribution in [-0.4, -0.2) is 14.6 Å². The summed E-state index contributed by atoms with van der Waals surface area (Å²) in [6.07, 6.45) is 2.83. The maximum Gasteiger partial charge on any atom is 0.276 e. The van der Waals surface area contributed by atoms with E-state index < -0.39 is 0 Å². The second-order valence-corrected chi connectivity index (χ2v) is 5.48. The molecule has 0 unspecified atom stereocenters. The van der Waals surface area contributed by atoms with Gasteiger partial charge in [0.25, 0.3) is 5.56 Å². The van der Waals surface area contributed by atoms with Gasteiger partial charge in [0.05, 0.1) is 16.3 Å². The number of H-pyrrole nitrogens is 1. The zero-order chi connectivity index (χ0) is 12.1. The quantitative estimate of drug-likeness (QED) is 0.727. The van der Waals surface area contributed by atoms with Gasteiger partial charge in [-0.1, -0.05) is 6.07 Å². The van der Waals surface area contributed by atoms with Gasteiger partial charge in [-0.3, -0.25) is 9.89 Å². The number of fused-ring (bicyclic) bond motifs is 2. The van der Waals surface area contributed by atoms with Crippen LogP contribution in [0, 0.1) is 0 Å². The maximum absolute atomic E-state index is 12.3. The molecule has 0 fully saturated rings. The van der Waals surface area contributed by atoms with Gasteiger partial charge in [0.15, 0.2) is 5.65 Å². The third kappa shape index (κ3) is 1.31. The Bertz CT molecular complexity index is 783. The molecule has 3 heterocycles. The number of hydrogen-bond donors (Lipinski definition) is 1. The van der Waals surface area contributed by atoms with Gasteiger partial charge in [-0.2, -0.15) is 0 Å². The predicted molar refractivity (Wildman–Crippen MR) is 71.2 cm³/mol. The van der Waals surface area contributed by atoms with Gasteiger partial charge in [0.1, 0.15) is 0 Å². The van der Waals surface area contributed by atoms with Gasteiger partial charge in [-0.05, 0) is 30.7 Å². The summed E-state index contributed by atoms with van der Waals surface area (Å²) in [6.45, 7) is 0. The van der Waals surface area contributed by atoms with Crippen LogP contribution in [-0.2, 0) is 12.8 Å². The Morgan fingerprint density at radius 3 is 3.17 bits per heavy atom. The molecule has 3 aromatic rings. The number of nitrogens with zero attached hydrogens (tertiary/aromatic N) is 2. The average molecular weight is 257 g/mol. The van der Waals surface area contributed by atoms with Crippen LogP contribution in [0.3, 0.4) is 0 Å². The number of aromatic amines is 1. The van der Waals surface area contributed by atoms with E-state index >= 15 is 0 Å². The fourth-order valence-corrected chi connectivity index (χ4v) is 3.25.